The number of rotatable bonds is 5. The average molecular weight is 198 g/mol. The van der Waals surface area contributed by atoms with Gasteiger partial charge in [-0.1, -0.05) is 13.8 Å². The lowest BCUT2D eigenvalue weighted by atomic mass is 9.92. The molecule has 4 nitrogen and oxygen atoms in total. The quantitative estimate of drug-likeness (QED) is 0.525. The summed E-state index contributed by atoms with van der Waals surface area (Å²) in [6.45, 7) is 6.45. The van der Waals surface area contributed by atoms with Gasteiger partial charge < -0.3 is 0 Å². The fourth-order valence-electron chi connectivity index (χ4n) is 2.00. The van der Waals surface area contributed by atoms with E-state index < -0.39 is 0 Å². The molecule has 1 saturated carbocycles. The molecule has 2 N–H and O–H groups in total. The molecule has 0 aliphatic heterocycles. The molecule has 4 heteroatoms. The molecule has 0 unspecified atom stereocenters. The van der Waals surface area contributed by atoms with Gasteiger partial charge in [0.25, 0.3) is 0 Å². The van der Waals surface area contributed by atoms with E-state index in [1.807, 2.05) is 0 Å². The maximum Gasteiger partial charge on any atom is 0.0707 e. The van der Waals surface area contributed by atoms with Gasteiger partial charge >= 0.3 is 0 Å². The van der Waals surface area contributed by atoms with Crippen molar-refractivity contribution in [1.29, 1.82) is 5.53 Å². The summed E-state index contributed by atoms with van der Waals surface area (Å²) in [5.74, 6) is 0. The third-order valence-corrected chi connectivity index (χ3v) is 3.01. The topological polar surface area (TPSA) is 51.5 Å². The largest absolute Gasteiger partial charge is 0.252 e. The van der Waals surface area contributed by atoms with Crippen LogP contribution in [0.5, 0.6) is 0 Å². The van der Waals surface area contributed by atoms with Crippen LogP contribution in [0, 0.1) is 5.53 Å². The maximum absolute atomic E-state index is 6.97. The minimum Gasteiger partial charge on any atom is -0.252 e. The van der Waals surface area contributed by atoms with Crippen LogP contribution in [0.3, 0.4) is 0 Å². The van der Waals surface area contributed by atoms with Crippen molar-refractivity contribution in [2.24, 2.45) is 5.11 Å². The van der Waals surface area contributed by atoms with E-state index >= 15 is 0 Å². The molecular formula is C10H22N4. The zero-order valence-corrected chi connectivity index (χ0v) is 9.29. The second-order valence-electron chi connectivity index (χ2n) is 3.94. The first-order valence-corrected chi connectivity index (χ1v) is 5.67. The van der Waals surface area contributed by atoms with Crippen LogP contribution in [0.15, 0.2) is 5.11 Å². The zero-order valence-electron chi connectivity index (χ0n) is 9.29. The predicted octanol–water partition coefficient (Wildman–Crippen LogP) is 2.17. The van der Waals surface area contributed by atoms with Crippen molar-refractivity contribution in [3.05, 3.63) is 0 Å². The highest BCUT2D eigenvalue weighted by atomic mass is 15.5. The SMILES string of the molecule is CCN(CC)NC1CCC(N=N)CC1. The van der Waals surface area contributed by atoms with Crippen LogP contribution >= 0.6 is 0 Å². The summed E-state index contributed by atoms with van der Waals surface area (Å²) >= 11 is 0. The molecule has 0 aromatic rings. The van der Waals surface area contributed by atoms with E-state index in [1.54, 1.807) is 0 Å². The molecule has 14 heavy (non-hydrogen) atoms. The Balaban J connectivity index is 2.24. The molecule has 1 fully saturated rings. The summed E-state index contributed by atoms with van der Waals surface area (Å²) < 4.78 is 0. The summed E-state index contributed by atoms with van der Waals surface area (Å²) in [5.41, 5.74) is 10.5. The fourth-order valence-corrected chi connectivity index (χ4v) is 2.00. The first-order chi connectivity index (χ1) is 6.80. The maximum atomic E-state index is 6.97. The molecule has 0 heterocycles. The molecular weight excluding hydrogens is 176 g/mol. The Morgan fingerprint density at radius 2 is 1.79 bits per heavy atom. The molecule has 0 amide bonds. The Bertz CT molecular complexity index is 160. The second kappa shape index (κ2) is 6.09. The Morgan fingerprint density at radius 1 is 1.21 bits per heavy atom. The standard InChI is InChI=1S/C10H22N4/c1-3-14(4-2)13-10-7-5-9(12-11)6-8-10/h9-11,13H,3-8H2,1-2H3. The Kier molecular flexibility index (Phi) is 5.04. The van der Waals surface area contributed by atoms with Gasteiger partial charge in [-0.2, -0.15) is 5.11 Å². The van der Waals surface area contributed by atoms with Gasteiger partial charge in [0.05, 0.1) is 6.04 Å². The van der Waals surface area contributed by atoms with Crippen LogP contribution in [-0.4, -0.2) is 30.2 Å². The predicted molar refractivity (Wildman–Crippen MR) is 57.2 cm³/mol. The van der Waals surface area contributed by atoms with E-state index in [0.29, 0.717) is 12.1 Å². The van der Waals surface area contributed by atoms with Crippen LogP contribution in [0.25, 0.3) is 0 Å². The molecule has 0 saturated heterocycles. The Hall–Kier alpha value is -0.480. The summed E-state index contributed by atoms with van der Waals surface area (Å²) in [7, 11) is 0. The molecule has 1 aliphatic carbocycles. The normalized spacial score (nSPS) is 27.9. The van der Waals surface area contributed by atoms with Gasteiger partial charge in [0.1, 0.15) is 0 Å². The van der Waals surface area contributed by atoms with Crippen molar-refractivity contribution in [3.63, 3.8) is 0 Å². The van der Waals surface area contributed by atoms with Gasteiger partial charge in [0.15, 0.2) is 0 Å². The average Bonchev–Trinajstić information content (AvgIpc) is 2.26. The molecule has 0 radical (unpaired) electrons. The van der Waals surface area contributed by atoms with Crippen molar-refractivity contribution in [1.82, 2.24) is 10.4 Å². The number of hydrogen-bond acceptors (Lipinski definition) is 4. The van der Waals surface area contributed by atoms with Crippen molar-refractivity contribution < 1.29 is 0 Å². The van der Waals surface area contributed by atoms with Gasteiger partial charge in [0, 0.05) is 19.1 Å². The first kappa shape index (κ1) is 11.6. The van der Waals surface area contributed by atoms with Gasteiger partial charge in [-0.15, -0.1) is 0 Å². The third kappa shape index (κ3) is 3.35. The molecule has 82 valence electrons. The lowest BCUT2D eigenvalue weighted by Gasteiger charge is -2.31. The van der Waals surface area contributed by atoms with E-state index in [0.717, 1.165) is 38.8 Å². The summed E-state index contributed by atoms with van der Waals surface area (Å²) in [6, 6.07) is 0.901. The van der Waals surface area contributed by atoms with E-state index in [4.69, 9.17) is 5.53 Å². The highest BCUT2D eigenvalue weighted by molar-refractivity contribution is 4.78. The van der Waals surface area contributed by atoms with Crippen molar-refractivity contribution in [3.8, 4) is 0 Å². The Morgan fingerprint density at radius 3 is 2.21 bits per heavy atom. The van der Waals surface area contributed by atoms with Gasteiger partial charge in [0.2, 0.25) is 0 Å². The van der Waals surface area contributed by atoms with Crippen LogP contribution in [0.4, 0.5) is 0 Å². The first-order valence-electron chi connectivity index (χ1n) is 5.67. The number of hydrogen-bond donors (Lipinski definition) is 2. The van der Waals surface area contributed by atoms with Crippen molar-refractivity contribution in [2.75, 3.05) is 13.1 Å². The summed E-state index contributed by atoms with van der Waals surface area (Å²) in [6.07, 6.45) is 4.46. The molecule has 1 aliphatic rings. The number of nitrogens with zero attached hydrogens (tertiary/aromatic N) is 2. The molecule has 0 spiro atoms. The number of hydrazine groups is 1. The van der Waals surface area contributed by atoms with Gasteiger partial charge in [-0.25, -0.2) is 10.5 Å². The zero-order chi connectivity index (χ0) is 10.4. The second-order valence-corrected chi connectivity index (χ2v) is 3.94. The fraction of sp³-hybridized carbons (Fsp3) is 1.00. The lowest BCUT2D eigenvalue weighted by Crippen LogP contribution is -2.46. The van der Waals surface area contributed by atoms with Crippen LogP contribution < -0.4 is 5.43 Å². The highest BCUT2D eigenvalue weighted by Gasteiger charge is 2.21. The minimum absolute atomic E-state index is 0.296. The van der Waals surface area contributed by atoms with Crippen LogP contribution in [-0.2, 0) is 0 Å². The summed E-state index contributed by atoms with van der Waals surface area (Å²) in [4.78, 5) is 0. The van der Waals surface area contributed by atoms with Gasteiger partial charge in [-0.3, -0.25) is 5.43 Å². The highest BCUT2D eigenvalue weighted by Crippen LogP contribution is 2.21. The van der Waals surface area contributed by atoms with E-state index in [9.17, 15) is 0 Å². The molecule has 0 bridgehead atoms. The smallest absolute Gasteiger partial charge is 0.0707 e. The Labute approximate surface area is 86.5 Å². The summed E-state index contributed by atoms with van der Waals surface area (Å²) in [5, 5.41) is 5.86. The lowest BCUT2D eigenvalue weighted by molar-refractivity contribution is 0.149. The van der Waals surface area contributed by atoms with Gasteiger partial charge in [-0.05, 0) is 25.7 Å². The molecule has 0 aromatic heterocycles. The van der Waals surface area contributed by atoms with E-state index in [1.165, 1.54) is 0 Å². The van der Waals surface area contributed by atoms with E-state index in [2.05, 4.69) is 29.4 Å². The van der Waals surface area contributed by atoms with E-state index in [-0.39, 0.29) is 0 Å². The third-order valence-electron chi connectivity index (χ3n) is 3.01. The molecule has 0 aromatic carbocycles. The van der Waals surface area contributed by atoms with Crippen molar-refractivity contribution >= 4 is 0 Å². The molecule has 0 atom stereocenters. The van der Waals surface area contributed by atoms with Crippen LogP contribution in [0.1, 0.15) is 39.5 Å². The van der Waals surface area contributed by atoms with Crippen LogP contribution in [0.2, 0.25) is 0 Å². The molecule has 1 rings (SSSR count). The minimum atomic E-state index is 0.296. The number of nitrogens with one attached hydrogen (secondary N) is 2. The van der Waals surface area contributed by atoms with Crippen molar-refractivity contribution in [2.45, 2.75) is 51.6 Å². The monoisotopic (exact) mass is 198 g/mol.